The Bertz CT molecular complexity index is 772. The van der Waals surface area contributed by atoms with Gasteiger partial charge in [0.15, 0.2) is 0 Å². The summed E-state index contributed by atoms with van der Waals surface area (Å²) in [5, 5.41) is 0. The van der Waals surface area contributed by atoms with Crippen molar-refractivity contribution >= 4 is 11.6 Å². The molecule has 0 saturated carbocycles. The van der Waals surface area contributed by atoms with Gasteiger partial charge >= 0.3 is 0 Å². The second kappa shape index (κ2) is 5.61. The summed E-state index contributed by atoms with van der Waals surface area (Å²) >= 11 is 0. The van der Waals surface area contributed by atoms with E-state index in [1.807, 2.05) is 24.3 Å². The Morgan fingerprint density at radius 1 is 0.739 bits per heavy atom. The maximum Gasteiger partial charge on any atom is 0.299 e. The van der Waals surface area contributed by atoms with Crippen molar-refractivity contribution in [2.24, 2.45) is 0 Å². The van der Waals surface area contributed by atoms with Gasteiger partial charge in [-0.3, -0.25) is 9.59 Å². The highest BCUT2D eigenvalue weighted by atomic mass is 16.7. The largest absolute Gasteiger partial charge is 0.497 e. The Hall–Kier alpha value is -2.50. The summed E-state index contributed by atoms with van der Waals surface area (Å²) in [6, 6.07) is 12.6. The number of benzene rings is 2. The lowest BCUT2D eigenvalue weighted by atomic mass is 10.00. The van der Waals surface area contributed by atoms with Gasteiger partial charge in [-0.2, -0.15) is 0 Å². The predicted molar refractivity (Wildman–Crippen MR) is 83.8 cm³/mol. The molecular weight excluding hydrogens is 296 g/mol. The van der Waals surface area contributed by atoms with E-state index in [0.717, 1.165) is 16.9 Å². The monoisotopic (exact) mass is 312 g/mol. The van der Waals surface area contributed by atoms with Crippen molar-refractivity contribution in [3.63, 3.8) is 0 Å². The maximum atomic E-state index is 12.6. The zero-order chi connectivity index (χ0) is 16.6. The van der Waals surface area contributed by atoms with Crippen LogP contribution < -0.4 is 4.74 Å². The van der Waals surface area contributed by atoms with Crippen LogP contribution in [0.5, 0.6) is 5.75 Å². The number of methoxy groups -OCH3 is 3. The highest BCUT2D eigenvalue weighted by Crippen LogP contribution is 2.35. The molecule has 0 amide bonds. The molecule has 0 unspecified atom stereocenters. The van der Waals surface area contributed by atoms with Crippen molar-refractivity contribution in [3.8, 4) is 16.9 Å². The van der Waals surface area contributed by atoms with Gasteiger partial charge in [0.2, 0.25) is 11.6 Å². The lowest BCUT2D eigenvalue weighted by molar-refractivity contribution is -0.133. The predicted octanol–water partition coefficient (Wildman–Crippen LogP) is 2.73. The van der Waals surface area contributed by atoms with Crippen LogP contribution in [0, 0.1) is 0 Å². The van der Waals surface area contributed by atoms with E-state index in [0.29, 0.717) is 11.1 Å². The molecule has 5 nitrogen and oxygen atoms in total. The van der Waals surface area contributed by atoms with E-state index in [-0.39, 0.29) is 0 Å². The van der Waals surface area contributed by atoms with Gasteiger partial charge in [-0.25, -0.2) is 0 Å². The molecule has 0 fully saturated rings. The first-order chi connectivity index (χ1) is 11.1. The molecule has 2 aromatic carbocycles. The van der Waals surface area contributed by atoms with Gasteiger partial charge in [-0.1, -0.05) is 18.2 Å². The van der Waals surface area contributed by atoms with E-state index >= 15 is 0 Å². The zero-order valence-corrected chi connectivity index (χ0v) is 13.1. The minimum atomic E-state index is -1.86. The third-order valence-electron chi connectivity index (χ3n) is 4.10. The number of carbonyl (C=O) groups excluding carboxylic acids is 2. The van der Waals surface area contributed by atoms with Crippen LogP contribution in [-0.4, -0.2) is 38.7 Å². The fourth-order valence-electron chi connectivity index (χ4n) is 2.80. The number of ketones is 2. The van der Waals surface area contributed by atoms with E-state index in [1.54, 1.807) is 25.3 Å². The first-order valence-electron chi connectivity index (χ1n) is 7.05. The van der Waals surface area contributed by atoms with Gasteiger partial charge in [0.25, 0.3) is 5.79 Å². The third-order valence-corrected chi connectivity index (χ3v) is 4.10. The third kappa shape index (κ3) is 2.17. The van der Waals surface area contributed by atoms with Gasteiger partial charge in [0, 0.05) is 25.3 Å². The number of hydrogen-bond acceptors (Lipinski definition) is 5. The van der Waals surface area contributed by atoms with E-state index in [9.17, 15) is 9.59 Å². The average Bonchev–Trinajstić information content (AvgIpc) is 2.82. The van der Waals surface area contributed by atoms with Gasteiger partial charge < -0.3 is 14.2 Å². The molecule has 5 heteroatoms. The Kier molecular flexibility index (Phi) is 3.75. The number of rotatable bonds is 4. The van der Waals surface area contributed by atoms with Crippen LogP contribution in [0.3, 0.4) is 0 Å². The summed E-state index contributed by atoms with van der Waals surface area (Å²) in [5.74, 6) is -2.05. The highest BCUT2D eigenvalue weighted by molar-refractivity contribution is 6.31. The van der Waals surface area contributed by atoms with Gasteiger partial charge in [-0.05, 0) is 35.4 Å². The van der Waals surface area contributed by atoms with E-state index < -0.39 is 17.4 Å². The standard InChI is InChI=1S/C18H16O5/c1-21-13-7-4-11(5-8-13)12-6-9-14-15(10-12)17(20)18(22-2,23-3)16(14)19/h4-10H,1-3H3. The van der Waals surface area contributed by atoms with Crippen LogP contribution >= 0.6 is 0 Å². The summed E-state index contributed by atoms with van der Waals surface area (Å²) in [6.45, 7) is 0. The molecule has 0 aromatic heterocycles. The van der Waals surface area contributed by atoms with Gasteiger partial charge in [-0.15, -0.1) is 0 Å². The Labute approximate surface area is 133 Å². The molecule has 1 aliphatic carbocycles. The smallest absolute Gasteiger partial charge is 0.299 e. The van der Waals surface area contributed by atoms with Crippen molar-refractivity contribution in [2.75, 3.05) is 21.3 Å². The average molecular weight is 312 g/mol. The molecule has 2 aromatic rings. The van der Waals surface area contributed by atoms with E-state index in [2.05, 4.69) is 0 Å². The van der Waals surface area contributed by atoms with Crippen molar-refractivity contribution in [1.82, 2.24) is 0 Å². The van der Waals surface area contributed by atoms with Crippen LogP contribution in [0.15, 0.2) is 42.5 Å². The second-order valence-corrected chi connectivity index (χ2v) is 5.17. The Balaban J connectivity index is 2.06. The number of hydrogen-bond donors (Lipinski definition) is 0. The quantitative estimate of drug-likeness (QED) is 0.641. The number of carbonyl (C=O) groups is 2. The zero-order valence-electron chi connectivity index (χ0n) is 13.1. The summed E-state index contributed by atoms with van der Waals surface area (Å²) in [6.07, 6.45) is 0. The Morgan fingerprint density at radius 3 is 1.87 bits per heavy atom. The van der Waals surface area contributed by atoms with E-state index in [1.165, 1.54) is 14.2 Å². The number of fused-ring (bicyclic) bond motifs is 1. The van der Waals surface area contributed by atoms with Crippen LogP contribution in [-0.2, 0) is 9.47 Å². The minimum absolute atomic E-state index is 0.312. The highest BCUT2D eigenvalue weighted by Gasteiger charge is 2.54. The second-order valence-electron chi connectivity index (χ2n) is 5.17. The molecular formula is C18H16O5. The van der Waals surface area contributed by atoms with Crippen molar-refractivity contribution in [1.29, 1.82) is 0 Å². The minimum Gasteiger partial charge on any atom is -0.497 e. The molecule has 3 rings (SSSR count). The van der Waals surface area contributed by atoms with Crippen molar-refractivity contribution in [2.45, 2.75) is 5.79 Å². The van der Waals surface area contributed by atoms with Crippen molar-refractivity contribution in [3.05, 3.63) is 53.6 Å². The molecule has 0 bridgehead atoms. The molecule has 0 atom stereocenters. The summed E-state index contributed by atoms with van der Waals surface area (Å²) in [4.78, 5) is 25.0. The summed E-state index contributed by atoms with van der Waals surface area (Å²) in [7, 11) is 4.18. The van der Waals surface area contributed by atoms with Crippen LogP contribution in [0.2, 0.25) is 0 Å². The SMILES string of the molecule is COc1ccc(-c2ccc3c(c2)C(=O)C(OC)(OC)C3=O)cc1. The van der Waals surface area contributed by atoms with Gasteiger partial charge in [0.05, 0.1) is 7.11 Å². The molecule has 118 valence electrons. The molecule has 0 saturated heterocycles. The van der Waals surface area contributed by atoms with Crippen molar-refractivity contribution < 1.29 is 23.8 Å². The lowest BCUT2D eigenvalue weighted by Crippen LogP contribution is -2.45. The molecule has 23 heavy (non-hydrogen) atoms. The summed E-state index contributed by atoms with van der Waals surface area (Å²) < 4.78 is 15.3. The fourth-order valence-corrected chi connectivity index (χ4v) is 2.80. The summed E-state index contributed by atoms with van der Waals surface area (Å²) in [5.41, 5.74) is 2.37. The van der Waals surface area contributed by atoms with Crippen LogP contribution in [0.1, 0.15) is 20.7 Å². The first-order valence-corrected chi connectivity index (χ1v) is 7.05. The van der Waals surface area contributed by atoms with Crippen LogP contribution in [0.25, 0.3) is 11.1 Å². The number of ether oxygens (including phenoxy) is 3. The maximum absolute atomic E-state index is 12.6. The number of Topliss-reactive ketones (excluding diaryl/α,β-unsaturated/α-hetero) is 2. The molecule has 0 aliphatic heterocycles. The molecule has 0 spiro atoms. The molecule has 0 N–H and O–H groups in total. The van der Waals surface area contributed by atoms with E-state index in [4.69, 9.17) is 14.2 Å². The van der Waals surface area contributed by atoms with Crippen LogP contribution in [0.4, 0.5) is 0 Å². The van der Waals surface area contributed by atoms with Gasteiger partial charge in [0.1, 0.15) is 5.75 Å². The Morgan fingerprint density at radius 2 is 1.30 bits per heavy atom. The fraction of sp³-hybridized carbons (Fsp3) is 0.222. The normalized spacial score (nSPS) is 15.6. The molecule has 0 heterocycles. The molecule has 1 aliphatic rings. The molecule has 0 radical (unpaired) electrons. The first kappa shape index (κ1) is 15.4. The lowest BCUT2D eigenvalue weighted by Gasteiger charge is -2.21. The topological polar surface area (TPSA) is 61.8 Å².